The Balaban J connectivity index is 1.48. The quantitative estimate of drug-likeness (QED) is 0.890. The van der Waals surface area contributed by atoms with Crippen molar-refractivity contribution >= 4 is 17.3 Å². The molecule has 24 heavy (non-hydrogen) atoms. The number of nitrogens with one attached hydrogen (secondary N) is 1. The van der Waals surface area contributed by atoms with Crippen molar-refractivity contribution in [2.45, 2.75) is 57.4 Å². The van der Waals surface area contributed by atoms with Crippen molar-refractivity contribution in [1.82, 2.24) is 4.90 Å². The molecule has 0 atom stereocenters. The molecule has 2 fully saturated rings. The summed E-state index contributed by atoms with van der Waals surface area (Å²) in [6.07, 6.45) is 10.3. The van der Waals surface area contributed by atoms with Crippen LogP contribution in [-0.4, -0.2) is 43.5 Å². The summed E-state index contributed by atoms with van der Waals surface area (Å²) in [5, 5.41) is 3.04. The highest BCUT2D eigenvalue weighted by Crippen LogP contribution is 2.23. The molecular formula is C20H31N3O. The molecule has 1 amide bonds. The van der Waals surface area contributed by atoms with Gasteiger partial charge < -0.3 is 10.2 Å². The Labute approximate surface area is 146 Å². The molecule has 1 N–H and O–H groups in total. The molecule has 1 aromatic rings. The van der Waals surface area contributed by atoms with E-state index < -0.39 is 0 Å². The highest BCUT2D eigenvalue weighted by Gasteiger charge is 2.19. The first kappa shape index (κ1) is 17.3. The van der Waals surface area contributed by atoms with E-state index in [-0.39, 0.29) is 5.91 Å². The molecule has 0 spiro atoms. The Morgan fingerprint density at radius 1 is 1.04 bits per heavy atom. The third-order valence-corrected chi connectivity index (χ3v) is 5.46. The van der Waals surface area contributed by atoms with Crippen LogP contribution in [0.25, 0.3) is 0 Å². The Hall–Kier alpha value is -1.55. The van der Waals surface area contributed by atoms with Crippen molar-refractivity contribution in [3.63, 3.8) is 0 Å². The Morgan fingerprint density at radius 2 is 1.67 bits per heavy atom. The standard InChI is InChI=1S/C20H31N3O/c1-22(18-8-4-2-5-9-18)16-20(24)21-17-10-12-19(13-11-17)23-14-6-3-7-15-23/h10-13,18H,2-9,14-16H2,1H3,(H,21,24). The number of hydrogen-bond acceptors (Lipinski definition) is 3. The summed E-state index contributed by atoms with van der Waals surface area (Å²) in [6.45, 7) is 2.79. The first-order chi connectivity index (χ1) is 11.7. The first-order valence-corrected chi connectivity index (χ1v) is 9.57. The summed E-state index contributed by atoms with van der Waals surface area (Å²) in [7, 11) is 2.08. The fourth-order valence-electron chi connectivity index (χ4n) is 3.99. The number of anilines is 2. The minimum atomic E-state index is 0.0915. The maximum Gasteiger partial charge on any atom is 0.238 e. The maximum atomic E-state index is 12.3. The fourth-order valence-corrected chi connectivity index (χ4v) is 3.99. The van der Waals surface area contributed by atoms with E-state index in [0.29, 0.717) is 12.6 Å². The second kappa shape index (κ2) is 8.52. The number of nitrogens with zero attached hydrogens (tertiary/aromatic N) is 2. The number of carbonyl (C=O) groups is 1. The number of likely N-dealkylation sites (N-methyl/N-ethyl adjacent to an activating group) is 1. The number of carbonyl (C=O) groups excluding carboxylic acids is 1. The van der Waals surface area contributed by atoms with Crippen LogP contribution in [0.3, 0.4) is 0 Å². The van der Waals surface area contributed by atoms with Crippen LogP contribution < -0.4 is 10.2 Å². The predicted octanol–water partition coefficient (Wildman–Crippen LogP) is 3.88. The van der Waals surface area contributed by atoms with E-state index in [9.17, 15) is 4.79 Å². The average molecular weight is 329 g/mol. The van der Waals surface area contributed by atoms with Crippen molar-refractivity contribution in [3.05, 3.63) is 24.3 Å². The summed E-state index contributed by atoms with van der Waals surface area (Å²) in [4.78, 5) is 16.9. The monoisotopic (exact) mass is 329 g/mol. The van der Waals surface area contributed by atoms with Gasteiger partial charge in [0.15, 0.2) is 0 Å². The lowest BCUT2D eigenvalue weighted by Crippen LogP contribution is -2.39. The topological polar surface area (TPSA) is 35.6 Å². The van der Waals surface area contributed by atoms with Crippen LogP contribution in [0, 0.1) is 0 Å². The zero-order chi connectivity index (χ0) is 16.8. The van der Waals surface area contributed by atoms with E-state index in [1.54, 1.807) is 0 Å². The van der Waals surface area contributed by atoms with Gasteiger partial charge in [0.1, 0.15) is 0 Å². The molecule has 4 heteroatoms. The molecule has 1 aliphatic heterocycles. The van der Waals surface area contributed by atoms with E-state index in [1.165, 1.54) is 57.1 Å². The average Bonchev–Trinajstić information content (AvgIpc) is 2.64. The molecular weight excluding hydrogens is 298 g/mol. The van der Waals surface area contributed by atoms with E-state index in [0.717, 1.165) is 18.8 Å². The van der Waals surface area contributed by atoms with Gasteiger partial charge >= 0.3 is 0 Å². The number of rotatable bonds is 5. The Kier molecular flexibility index (Phi) is 6.13. The van der Waals surface area contributed by atoms with Crippen molar-refractivity contribution < 1.29 is 4.79 Å². The molecule has 132 valence electrons. The van der Waals surface area contributed by atoms with Gasteiger partial charge in [-0.2, -0.15) is 0 Å². The number of piperidine rings is 1. The van der Waals surface area contributed by atoms with Crippen LogP contribution in [0.5, 0.6) is 0 Å². The second-order valence-corrected chi connectivity index (χ2v) is 7.35. The first-order valence-electron chi connectivity index (χ1n) is 9.57. The highest BCUT2D eigenvalue weighted by atomic mass is 16.2. The highest BCUT2D eigenvalue weighted by molar-refractivity contribution is 5.92. The molecule has 0 radical (unpaired) electrons. The Bertz CT molecular complexity index is 516. The van der Waals surface area contributed by atoms with Gasteiger partial charge in [-0.3, -0.25) is 9.69 Å². The molecule has 1 saturated heterocycles. The van der Waals surface area contributed by atoms with E-state index in [1.807, 2.05) is 12.1 Å². The lowest BCUT2D eigenvalue weighted by atomic mass is 9.94. The summed E-state index contributed by atoms with van der Waals surface area (Å²) < 4.78 is 0. The van der Waals surface area contributed by atoms with Gasteiger partial charge in [-0.15, -0.1) is 0 Å². The zero-order valence-electron chi connectivity index (χ0n) is 15.0. The van der Waals surface area contributed by atoms with Gasteiger partial charge in [0.05, 0.1) is 6.54 Å². The molecule has 4 nitrogen and oxygen atoms in total. The van der Waals surface area contributed by atoms with Crippen molar-refractivity contribution in [1.29, 1.82) is 0 Å². The fraction of sp³-hybridized carbons (Fsp3) is 0.650. The predicted molar refractivity (Wildman–Crippen MR) is 101 cm³/mol. The zero-order valence-corrected chi connectivity index (χ0v) is 15.0. The van der Waals surface area contributed by atoms with E-state index >= 15 is 0 Å². The molecule has 1 heterocycles. The van der Waals surface area contributed by atoms with Crippen LogP contribution in [-0.2, 0) is 4.79 Å². The van der Waals surface area contributed by atoms with Crippen molar-refractivity contribution in [2.24, 2.45) is 0 Å². The summed E-state index contributed by atoms with van der Waals surface area (Å²) in [6, 6.07) is 8.90. The summed E-state index contributed by atoms with van der Waals surface area (Å²) in [5.41, 5.74) is 2.17. The summed E-state index contributed by atoms with van der Waals surface area (Å²) in [5.74, 6) is 0.0915. The smallest absolute Gasteiger partial charge is 0.238 e. The summed E-state index contributed by atoms with van der Waals surface area (Å²) >= 11 is 0. The van der Waals surface area contributed by atoms with Crippen LogP contribution in [0.4, 0.5) is 11.4 Å². The SMILES string of the molecule is CN(CC(=O)Nc1ccc(N2CCCCC2)cc1)C1CCCCC1. The van der Waals surface area contributed by atoms with Crippen LogP contribution in [0.1, 0.15) is 51.4 Å². The van der Waals surface area contributed by atoms with Crippen LogP contribution in [0.2, 0.25) is 0 Å². The van der Waals surface area contributed by atoms with Gasteiger partial charge in [0, 0.05) is 30.5 Å². The normalized spacial score (nSPS) is 19.5. The molecule has 1 aromatic carbocycles. The molecule has 1 saturated carbocycles. The number of hydrogen-bond donors (Lipinski definition) is 1. The van der Waals surface area contributed by atoms with Gasteiger partial charge in [0.2, 0.25) is 5.91 Å². The van der Waals surface area contributed by atoms with Crippen LogP contribution in [0.15, 0.2) is 24.3 Å². The maximum absolute atomic E-state index is 12.3. The molecule has 3 rings (SSSR count). The van der Waals surface area contributed by atoms with Gasteiger partial charge in [0.25, 0.3) is 0 Å². The molecule has 0 aromatic heterocycles. The molecule has 0 bridgehead atoms. The van der Waals surface area contributed by atoms with Crippen LogP contribution >= 0.6 is 0 Å². The molecule has 2 aliphatic rings. The van der Waals surface area contributed by atoms with Gasteiger partial charge in [-0.1, -0.05) is 19.3 Å². The molecule has 0 unspecified atom stereocenters. The number of amides is 1. The van der Waals surface area contributed by atoms with Gasteiger partial charge in [-0.25, -0.2) is 0 Å². The lowest BCUT2D eigenvalue weighted by Gasteiger charge is -2.30. The molecule has 1 aliphatic carbocycles. The minimum absolute atomic E-state index is 0.0915. The third-order valence-electron chi connectivity index (χ3n) is 5.46. The van der Waals surface area contributed by atoms with Crippen molar-refractivity contribution in [3.8, 4) is 0 Å². The third kappa shape index (κ3) is 4.73. The van der Waals surface area contributed by atoms with Crippen molar-refractivity contribution in [2.75, 3.05) is 36.9 Å². The van der Waals surface area contributed by atoms with E-state index in [2.05, 4.69) is 34.3 Å². The second-order valence-electron chi connectivity index (χ2n) is 7.35. The lowest BCUT2D eigenvalue weighted by molar-refractivity contribution is -0.117. The Morgan fingerprint density at radius 3 is 2.33 bits per heavy atom. The van der Waals surface area contributed by atoms with Gasteiger partial charge in [-0.05, 0) is 63.4 Å². The number of benzene rings is 1. The van der Waals surface area contributed by atoms with E-state index in [4.69, 9.17) is 0 Å². The largest absolute Gasteiger partial charge is 0.372 e. The minimum Gasteiger partial charge on any atom is -0.372 e.